The van der Waals surface area contributed by atoms with Crippen molar-refractivity contribution in [3.63, 3.8) is 0 Å². The summed E-state index contributed by atoms with van der Waals surface area (Å²) in [6.07, 6.45) is 3.58. The minimum Gasteiger partial charge on any atom is -0.493 e. The summed E-state index contributed by atoms with van der Waals surface area (Å²) in [5, 5.41) is 9.44. The summed E-state index contributed by atoms with van der Waals surface area (Å²) in [4.78, 5) is 5.23. The zero-order valence-corrected chi connectivity index (χ0v) is 17.2. The molecule has 1 atom stereocenters. The van der Waals surface area contributed by atoms with Crippen LogP contribution in [0.1, 0.15) is 29.3 Å². The van der Waals surface area contributed by atoms with Crippen LogP contribution in [-0.4, -0.2) is 14.5 Å². The van der Waals surface area contributed by atoms with Crippen molar-refractivity contribution >= 4 is 11.5 Å². The number of aromatic nitrogens is 2. The number of fused-ring (bicyclic) bond motifs is 1. The van der Waals surface area contributed by atoms with Gasteiger partial charge < -0.3 is 14.6 Å². The van der Waals surface area contributed by atoms with E-state index in [2.05, 4.69) is 15.4 Å². The standard InChI is InChI=1S/C24H20N2O3S/c1-15-20(6-3-13-25-15)29-21-5-2-4-18-19(21)11-12-22(18)28-17-9-7-16(8-10-17)23-14-24(27)26-30-23/h2-10,13-14,22H,11-12H2,1H3,(H,26,27). The highest BCUT2D eigenvalue weighted by molar-refractivity contribution is 7.09. The van der Waals surface area contributed by atoms with E-state index in [1.54, 1.807) is 12.3 Å². The molecule has 2 aromatic carbocycles. The Morgan fingerprint density at radius 2 is 1.87 bits per heavy atom. The molecule has 1 unspecified atom stereocenters. The number of hydrogen-bond acceptors (Lipinski definition) is 6. The Kier molecular flexibility index (Phi) is 4.85. The molecule has 0 fully saturated rings. The van der Waals surface area contributed by atoms with Crippen LogP contribution >= 0.6 is 11.5 Å². The molecule has 0 saturated carbocycles. The first-order chi connectivity index (χ1) is 14.7. The number of pyridine rings is 1. The second-order valence-corrected chi connectivity index (χ2v) is 8.04. The van der Waals surface area contributed by atoms with Crippen molar-refractivity contribution in [3.8, 4) is 33.6 Å². The largest absolute Gasteiger partial charge is 0.493 e. The summed E-state index contributed by atoms with van der Waals surface area (Å²) in [6.45, 7) is 1.95. The minimum absolute atomic E-state index is 0.00292. The quantitative estimate of drug-likeness (QED) is 0.427. The number of hydrogen-bond donors (Lipinski definition) is 1. The fourth-order valence-electron chi connectivity index (χ4n) is 3.76. The molecule has 4 aromatic rings. The number of ether oxygens (including phenoxy) is 2. The molecule has 6 heteroatoms. The summed E-state index contributed by atoms with van der Waals surface area (Å²) in [5.41, 5.74) is 4.25. The molecule has 0 bridgehead atoms. The third-order valence-electron chi connectivity index (χ3n) is 5.27. The van der Waals surface area contributed by atoms with Crippen LogP contribution in [0.5, 0.6) is 23.1 Å². The minimum atomic E-state index is -0.00292. The lowest BCUT2D eigenvalue weighted by Gasteiger charge is -2.16. The van der Waals surface area contributed by atoms with Crippen molar-refractivity contribution in [2.75, 3.05) is 0 Å². The normalized spacial score (nSPS) is 15.0. The van der Waals surface area contributed by atoms with Crippen molar-refractivity contribution in [2.24, 2.45) is 0 Å². The molecule has 0 saturated heterocycles. The van der Waals surface area contributed by atoms with Crippen LogP contribution in [0.2, 0.25) is 0 Å². The monoisotopic (exact) mass is 416 g/mol. The average molecular weight is 417 g/mol. The zero-order chi connectivity index (χ0) is 20.5. The number of aryl methyl sites for hydroxylation is 1. The Morgan fingerprint density at radius 3 is 2.63 bits per heavy atom. The lowest BCUT2D eigenvalue weighted by molar-refractivity contribution is 0.207. The molecule has 5 rings (SSSR count). The second-order valence-electron chi connectivity index (χ2n) is 7.23. The molecule has 0 amide bonds. The highest BCUT2D eigenvalue weighted by Crippen LogP contribution is 2.41. The van der Waals surface area contributed by atoms with Gasteiger partial charge in [0, 0.05) is 17.8 Å². The first-order valence-corrected chi connectivity index (χ1v) is 10.6. The van der Waals surface area contributed by atoms with E-state index in [0.29, 0.717) is 0 Å². The van der Waals surface area contributed by atoms with Crippen LogP contribution in [0.3, 0.4) is 0 Å². The molecule has 0 spiro atoms. The Morgan fingerprint density at radius 1 is 1.03 bits per heavy atom. The summed E-state index contributed by atoms with van der Waals surface area (Å²) >= 11 is 1.28. The van der Waals surface area contributed by atoms with Gasteiger partial charge in [-0.2, -0.15) is 4.37 Å². The van der Waals surface area contributed by atoms with Gasteiger partial charge in [0.25, 0.3) is 0 Å². The fraction of sp³-hybridized carbons (Fsp3) is 0.167. The van der Waals surface area contributed by atoms with E-state index in [1.807, 2.05) is 55.5 Å². The van der Waals surface area contributed by atoms with E-state index in [0.717, 1.165) is 46.2 Å². The van der Waals surface area contributed by atoms with E-state index >= 15 is 0 Å². The topological polar surface area (TPSA) is 64.5 Å². The number of nitrogens with zero attached hydrogens (tertiary/aromatic N) is 2. The van der Waals surface area contributed by atoms with Gasteiger partial charge >= 0.3 is 0 Å². The van der Waals surface area contributed by atoms with Crippen LogP contribution in [-0.2, 0) is 6.42 Å². The predicted octanol–water partition coefficient (Wildman–Crippen LogP) is 6.08. The maximum Gasteiger partial charge on any atom is 0.223 e. The Labute approximate surface area is 178 Å². The van der Waals surface area contributed by atoms with Crippen molar-refractivity contribution in [1.29, 1.82) is 0 Å². The molecule has 0 radical (unpaired) electrons. The highest BCUT2D eigenvalue weighted by Gasteiger charge is 2.27. The molecule has 1 N–H and O–H groups in total. The van der Waals surface area contributed by atoms with Crippen molar-refractivity contribution in [3.05, 3.63) is 83.7 Å². The van der Waals surface area contributed by atoms with E-state index < -0.39 is 0 Å². The molecular formula is C24H20N2O3S. The summed E-state index contributed by atoms with van der Waals surface area (Å²) in [7, 11) is 0. The fourth-order valence-corrected chi connectivity index (χ4v) is 4.40. The van der Waals surface area contributed by atoms with E-state index in [4.69, 9.17) is 9.47 Å². The third-order valence-corrected chi connectivity index (χ3v) is 6.09. The second kappa shape index (κ2) is 7.80. The lowest BCUT2D eigenvalue weighted by Crippen LogP contribution is -2.03. The maximum absolute atomic E-state index is 9.44. The van der Waals surface area contributed by atoms with Crippen LogP contribution in [0.25, 0.3) is 10.4 Å². The molecular weight excluding hydrogens is 396 g/mol. The predicted molar refractivity (Wildman–Crippen MR) is 116 cm³/mol. The third kappa shape index (κ3) is 3.62. The van der Waals surface area contributed by atoms with Gasteiger partial charge in [-0.05, 0) is 84.9 Å². The van der Waals surface area contributed by atoms with Crippen LogP contribution in [0.4, 0.5) is 0 Å². The Bertz CT molecular complexity index is 1190. The molecule has 30 heavy (non-hydrogen) atoms. The van der Waals surface area contributed by atoms with Crippen molar-refractivity contribution in [2.45, 2.75) is 25.9 Å². The van der Waals surface area contributed by atoms with E-state index in [1.165, 1.54) is 22.7 Å². The van der Waals surface area contributed by atoms with Gasteiger partial charge in [0.1, 0.15) is 23.4 Å². The zero-order valence-electron chi connectivity index (χ0n) is 16.4. The van der Waals surface area contributed by atoms with Crippen LogP contribution in [0, 0.1) is 6.92 Å². The Hall–Kier alpha value is -3.38. The van der Waals surface area contributed by atoms with Crippen LogP contribution in [0.15, 0.2) is 66.9 Å². The van der Waals surface area contributed by atoms with Crippen molar-refractivity contribution < 1.29 is 14.6 Å². The van der Waals surface area contributed by atoms with Gasteiger partial charge in [-0.3, -0.25) is 4.98 Å². The first kappa shape index (κ1) is 18.6. The molecule has 150 valence electrons. The number of benzene rings is 2. The molecule has 5 nitrogen and oxygen atoms in total. The smallest absolute Gasteiger partial charge is 0.223 e. The summed E-state index contributed by atoms with van der Waals surface area (Å²) in [5.74, 6) is 2.52. The molecule has 1 aliphatic carbocycles. The molecule has 0 aliphatic heterocycles. The Balaban J connectivity index is 1.35. The van der Waals surface area contributed by atoms with Gasteiger partial charge in [0.2, 0.25) is 5.88 Å². The molecule has 1 aliphatic rings. The highest BCUT2D eigenvalue weighted by atomic mass is 32.1. The van der Waals surface area contributed by atoms with Gasteiger partial charge in [-0.15, -0.1) is 0 Å². The van der Waals surface area contributed by atoms with Gasteiger partial charge in [0.05, 0.1) is 10.6 Å². The van der Waals surface area contributed by atoms with E-state index in [-0.39, 0.29) is 12.0 Å². The molecule has 2 heterocycles. The van der Waals surface area contributed by atoms with Crippen LogP contribution < -0.4 is 9.47 Å². The number of rotatable bonds is 5. The molecule has 2 aromatic heterocycles. The SMILES string of the molecule is Cc1ncccc1Oc1cccc2c1CCC2Oc1ccc(-c2cc(O)ns2)cc1. The average Bonchev–Trinajstić information content (AvgIpc) is 3.37. The van der Waals surface area contributed by atoms with E-state index in [9.17, 15) is 5.11 Å². The summed E-state index contributed by atoms with van der Waals surface area (Å²) < 4.78 is 16.4. The summed E-state index contributed by atoms with van der Waals surface area (Å²) in [6, 6.07) is 19.5. The van der Waals surface area contributed by atoms with Gasteiger partial charge in [-0.1, -0.05) is 12.1 Å². The maximum atomic E-state index is 9.44. The van der Waals surface area contributed by atoms with Crippen molar-refractivity contribution in [1.82, 2.24) is 9.36 Å². The van der Waals surface area contributed by atoms with Gasteiger partial charge in [0.15, 0.2) is 0 Å². The first-order valence-electron chi connectivity index (χ1n) is 9.81. The van der Waals surface area contributed by atoms with Gasteiger partial charge in [-0.25, -0.2) is 0 Å². The number of aromatic hydroxyl groups is 1. The lowest BCUT2D eigenvalue weighted by atomic mass is 10.1.